The summed E-state index contributed by atoms with van der Waals surface area (Å²) in [7, 11) is 0. The van der Waals surface area contributed by atoms with Gasteiger partial charge in [-0.05, 0) is 24.1 Å². The van der Waals surface area contributed by atoms with Gasteiger partial charge < -0.3 is 10.3 Å². The summed E-state index contributed by atoms with van der Waals surface area (Å²) in [5, 5.41) is 0. The Hall–Kier alpha value is -1.82. The fourth-order valence-corrected chi connectivity index (χ4v) is 2.09. The minimum absolute atomic E-state index is 0.406. The van der Waals surface area contributed by atoms with Gasteiger partial charge in [0.05, 0.1) is 11.6 Å². The molecule has 2 N–H and O–H groups in total. The summed E-state index contributed by atoms with van der Waals surface area (Å²) in [5.74, 6) is 0.575. The van der Waals surface area contributed by atoms with Gasteiger partial charge in [0.2, 0.25) is 0 Å². The number of aryl methyl sites for hydroxylation is 1. The molecule has 0 fully saturated rings. The fraction of sp³-hybridized carbons (Fsp3) is 0.357. The van der Waals surface area contributed by atoms with E-state index < -0.39 is 17.8 Å². The van der Waals surface area contributed by atoms with Gasteiger partial charge in [-0.2, -0.15) is 13.2 Å². The van der Waals surface area contributed by atoms with E-state index in [2.05, 4.69) is 4.98 Å². The minimum atomic E-state index is -4.37. The van der Waals surface area contributed by atoms with Crippen LogP contribution >= 0.6 is 0 Å². The molecular weight excluding hydrogens is 267 g/mol. The van der Waals surface area contributed by atoms with Crippen molar-refractivity contribution in [2.45, 2.75) is 32.1 Å². The highest BCUT2D eigenvalue weighted by Gasteiger charge is 2.31. The quantitative estimate of drug-likeness (QED) is 0.935. The van der Waals surface area contributed by atoms with Gasteiger partial charge in [-0.3, -0.25) is 0 Å². The van der Waals surface area contributed by atoms with Crippen molar-refractivity contribution in [1.29, 1.82) is 0 Å². The molecule has 0 aliphatic heterocycles. The molecule has 1 aromatic heterocycles. The Kier molecular flexibility index (Phi) is 4.13. The third-order valence-electron chi connectivity index (χ3n) is 3.06. The van der Waals surface area contributed by atoms with Crippen LogP contribution in [-0.2, 0) is 12.7 Å². The van der Waals surface area contributed by atoms with Crippen LogP contribution in [0.2, 0.25) is 0 Å². The first-order valence-corrected chi connectivity index (χ1v) is 6.37. The van der Waals surface area contributed by atoms with Crippen LogP contribution in [0.4, 0.5) is 13.2 Å². The van der Waals surface area contributed by atoms with Crippen LogP contribution in [0.25, 0.3) is 0 Å². The second-order valence-electron chi connectivity index (χ2n) is 4.58. The van der Waals surface area contributed by atoms with Crippen molar-refractivity contribution in [3.8, 4) is 0 Å². The van der Waals surface area contributed by atoms with E-state index in [1.807, 2.05) is 11.5 Å². The van der Waals surface area contributed by atoms with E-state index in [4.69, 9.17) is 5.73 Å². The molecule has 1 aromatic carbocycles. The Labute approximate surface area is 115 Å². The number of aromatic nitrogens is 2. The zero-order valence-electron chi connectivity index (χ0n) is 11.1. The second kappa shape index (κ2) is 5.66. The molecule has 0 aliphatic rings. The molecule has 0 saturated carbocycles. The first-order valence-electron chi connectivity index (χ1n) is 6.37. The van der Waals surface area contributed by atoms with Crippen molar-refractivity contribution >= 4 is 0 Å². The van der Waals surface area contributed by atoms with Gasteiger partial charge in [-0.1, -0.05) is 19.1 Å². The second-order valence-corrected chi connectivity index (χ2v) is 4.58. The standard InChI is InChI=1S/C14H16F3N3/c1-2-7-20-8-6-19-13(20)12(18)10-4-3-5-11(9-10)14(15,16)17/h3-6,8-9,12H,2,7,18H2,1H3. The van der Waals surface area contributed by atoms with E-state index in [0.717, 1.165) is 25.1 Å². The zero-order valence-corrected chi connectivity index (χ0v) is 11.1. The van der Waals surface area contributed by atoms with Crippen LogP contribution in [0.5, 0.6) is 0 Å². The molecule has 2 aromatic rings. The first kappa shape index (κ1) is 14.6. The Morgan fingerprint density at radius 2 is 2.10 bits per heavy atom. The molecule has 0 radical (unpaired) electrons. The van der Waals surface area contributed by atoms with Gasteiger partial charge in [-0.25, -0.2) is 4.98 Å². The fourth-order valence-electron chi connectivity index (χ4n) is 2.09. The molecule has 0 bridgehead atoms. The number of nitrogens with zero attached hydrogens (tertiary/aromatic N) is 2. The number of hydrogen-bond acceptors (Lipinski definition) is 2. The summed E-state index contributed by atoms with van der Waals surface area (Å²) >= 11 is 0. The van der Waals surface area contributed by atoms with Gasteiger partial charge in [-0.15, -0.1) is 0 Å². The minimum Gasteiger partial charge on any atom is -0.333 e. The molecule has 1 atom stereocenters. The lowest BCUT2D eigenvalue weighted by molar-refractivity contribution is -0.137. The van der Waals surface area contributed by atoms with E-state index in [1.165, 1.54) is 6.07 Å². The van der Waals surface area contributed by atoms with Crippen LogP contribution in [0, 0.1) is 0 Å². The average molecular weight is 283 g/mol. The van der Waals surface area contributed by atoms with Crippen LogP contribution in [0.15, 0.2) is 36.7 Å². The Balaban J connectivity index is 2.33. The average Bonchev–Trinajstić information content (AvgIpc) is 2.86. The molecule has 0 amide bonds. The highest BCUT2D eigenvalue weighted by Crippen LogP contribution is 2.31. The molecule has 0 saturated heterocycles. The molecule has 1 heterocycles. The maximum absolute atomic E-state index is 12.7. The maximum atomic E-state index is 12.7. The number of halogens is 3. The zero-order chi connectivity index (χ0) is 14.8. The highest BCUT2D eigenvalue weighted by molar-refractivity contribution is 5.31. The number of nitrogens with two attached hydrogens (primary N) is 1. The van der Waals surface area contributed by atoms with Crippen molar-refractivity contribution in [3.05, 3.63) is 53.6 Å². The third-order valence-corrected chi connectivity index (χ3v) is 3.06. The number of hydrogen-bond donors (Lipinski definition) is 1. The van der Waals surface area contributed by atoms with Crippen molar-refractivity contribution in [1.82, 2.24) is 9.55 Å². The van der Waals surface area contributed by atoms with E-state index in [-0.39, 0.29) is 0 Å². The number of benzene rings is 1. The summed E-state index contributed by atoms with van der Waals surface area (Å²) in [5.41, 5.74) is 5.76. The van der Waals surface area contributed by atoms with Crippen LogP contribution in [-0.4, -0.2) is 9.55 Å². The van der Waals surface area contributed by atoms with Gasteiger partial charge in [0.15, 0.2) is 0 Å². The monoisotopic (exact) mass is 283 g/mol. The smallest absolute Gasteiger partial charge is 0.333 e. The molecule has 20 heavy (non-hydrogen) atoms. The van der Waals surface area contributed by atoms with Gasteiger partial charge >= 0.3 is 6.18 Å². The third kappa shape index (κ3) is 3.01. The predicted octanol–water partition coefficient (Wildman–Crippen LogP) is 3.36. The highest BCUT2D eigenvalue weighted by atomic mass is 19.4. The van der Waals surface area contributed by atoms with Crippen molar-refractivity contribution in [2.24, 2.45) is 5.73 Å². The van der Waals surface area contributed by atoms with E-state index >= 15 is 0 Å². The van der Waals surface area contributed by atoms with Gasteiger partial charge in [0.25, 0.3) is 0 Å². The Bertz CT molecular complexity index is 575. The van der Waals surface area contributed by atoms with Crippen LogP contribution in [0.3, 0.4) is 0 Å². The summed E-state index contributed by atoms with van der Waals surface area (Å²) in [6, 6.07) is 4.40. The SMILES string of the molecule is CCCn1ccnc1C(N)c1cccc(C(F)(F)F)c1. The molecule has 3 nitrogen and oxygen atoms in total. The summed E-state index contributed by atoms with van der Waals surface area (Å²) < 4.78 is 40.0. The molecule has 6 heteroatoms. The largest absolute Gasteiger partial charge is 0.416 e. The number of rotatable bonds is 4. The van der Waals surface area contributed by atoms with Crippen molar-refractivity contribution in [2.75, 3.05) is 0 Å². The molecule has 108 valence electrons. The number of alkyl halides is 3. The number of imidazole rings is 1. The summed E-state index contributed by atoms with van der Waals surface area (Å²) in [4.78, 5) is 4.16. The Morgan fingerprint density at radius 1 is 1.35 bits per heavy atom. The van der Waals surface area contributed by atoms with Crippen LogP contribution in [0.1, 0.15) is 36.3 Å². The predicted molar refractivity (Wildman–Crippen MR) is 70.0 cm³/mol. The maximum Gasteiger partial charge on any atom is 0.416 e. The van der Waals surface area contributed by atoms with E-state index in [1.54, 1.807) is 18.5 Å². The van der Waals surface area contributed by atoms with Crippen molar-refractivity contribution in [3.63, 3.8) is 0 Å². The van der Waals surface area contributed by atoms with Crippen LogP contribution < -0.4 is 5.73 Å². The lowest BCUT2D eigenvalue weighted by atomic mass is 10.0. The topological polar surface area (TPSA) is 43.8 Å². The molecule has 2 rings (SSSR count). The molecule has 0 aliphatic carbocycles. The Morgan fingerprint density at radius 3 is 2.75 bits per heavy atom. The lowest BCUT2D eigenvalue weighted by Crippen LogP contribution is -2.18. The van der Waals surface area contributed by atoms with E-state index in [0.29, 0.717) is 11.4 Å². The summed E-state index contributed by atoms with van der Waals surface area (Å²) in [6.45, 7) is 2.75. The van der Waals surface area contributed by atoms with Crippen molar-refractivity contribution < 1.29 is 13.2 Å². The van der Waals surface area contributed by atoms with Gasteiger partial charge in [0.1, 0.15) is 5.82 Å². The molecular formula is C14H16F3N3. The normalized spacial score (nSPS) is 13.4. The lowest BCUT2D eigenvalue weighted by Gasteiger charge is -2.16. The van der Waals surface area contributed by atoms with E-state index in [9.17, 15) is 13.2 Å². The van der Waals surface area contributed by atoms with Gasteiger partial charge in [0, 0.05) is 18.9 Å². The molecule has 1 unspecified atom stereocenters. The molecule has 0 spiro atoms. The first-order chi connectivity index (χ1) is 9.43. The summed E-state index contributed by atoms with van der Waals surface area (Å²) in [6.07, 6.45) is -0.0714.